The highest BCUT2D eigenvalue weighted by molar-refractivity contribution is 5.80. The molecule has 1 unspecified atom stereocenters. The second kappa shape index (κ2) is 9.09. The van der Waals surface area contributed by atoms with Gasteiger partial charge in [0.05, 0.1) is 0 Å². The highest BCUT2D eigenvalue weighted by atomic mass is 16.2. The van der Waals surface area contributed by atoms with Gasteiger partial charge in [0, 0.05) is 57.5 Å². The van der Waals surface area contributed by atoms with Gasteiger partial charge in [-0.05, 0) is 49.3 Å². The second-order valence-corrected chi connectivity index (χ2v) is 10.0. The Morgan fingerprint density at radius 1 is 1.03 bits per heavy atom. The Kier molecular flexibility index (Phi) is 6.47. The van der Waals surface area contributed by atoms with Crippen molar-refractivity contribution in [2.75, 3.05) is 39.3 Å². The third-order valence-electron chi connectivity index (χ3n) is 7.35. The zero-order valence-corrected chi connectivity index (χ0v) is 18.7. The van der Waals surface area contributed by atoms with Gasteiger partial charge in [-0.3, -0.25) is 14.5 Å². The number of benzene rings is 1. The number of carbonyl (C=O) groups excluding carboxylic acids is 2. The van der Waals surface area contributed by atoms with Crippen LogP contribution < -0.4 is 0 Å². The number of hydrogen-bond acceptors (Lipinski definition) is 3. The van der Waals surface area contributed by atoms with E-state index in [0.29, 0.717) is 25.3 Å². The van der Waals surface area contributed by atoms with Gasteiger partial charge in [-0.15, -0.1) is 0 Å². The van der Waals surface area contributed by atoms with Crippen molar-refractivity contribution in [2.45, 2.75) is 64.8 Å². The Morgan fingerprint density at radius 2 is 1.83 bits per heavy atom. The molecule has 0 bridgehead atoms. The van der Waals surface area contributed by atoms with Crippen molar-refractivity contribution >= 4 is 11.8 Å². The molecule has 3 aliphatic heterocycles. The lowest BCUT2D eigenvalue weighted by Crippen LogP contribution is -2.45. The Hall–Kier alpha value is -1.88. The average Bonchev–Trinajstić information content (AvgIpc) is 3.33. The van der Waals surface area contributed by atoms with Crippen molar-refractivity contribution < 1.29 is 9.59 Å². The summed E-state index contributed by atoms with van der Waals surface area (Å²) in [7, 11) is 0. The van der Waals surface area contributed by atoms with E-state index in [2.05, 4.69) is 47.9 Å². The highest BCUT2D eigenvalue weighted by Gasteiger charge is 2.42. The number of likely N-dealkylation sites (tertiary alicyclic amines) is 3. The number of amides is 2. The van der Waals surface area contributed by atoms with E-state index in [1.165, 1.54) is 24.0 Å². The molecule has 5 heteroatoms. The molecule has 164 valence electrons. The van der Waals surface area contributed by atoms with Crippen molar-refractivity contribution in [3.8, 4) is 0 Å². The summed E-state index contributed by atoms with van der Waals surface area (Å²) in [5.74, 6) is 1.01. The van der Waals surface area contributed by atoms with Crippen LogP contribution in [0, 0.1) is 5.41 Å². The summed E-state index contributed by atoms with van der Waals surface area (Å²) in [6.45, 7) is 10.9. The van der Waals surface area contributed by atoms with Gasteiger partial charge in [0.25, 0.3) is 0 Å². The first-order valence-electron chi connectivity index (χ1n) is 11.8. The molecule has 3 heterocycles. The van der Waals surface area contributed by atoms with Gasteiger partial charge in [0.2, 0.25) is 11.8 Å². The molecule has 0 aromatic heterocycles. The molecular weight excluding hydrogens is 374 g/mol. The van der Waals surface area contributed by atoms with Gasteiger partial charge >= 0.3 is 0 Å². The maximum absolute atomic E-state index is 12.8. The molecule has 3 aliphatic rings. The summed E-state index contributed by atoms with van der Waals surface area (Å²) in [5, 5.41) is 0. The highest BCUT2D eigenvalue weighted by Crippen LogP contribution is 2.39. The number of carbonyl (C=O) groups is 2. The van der Waals surface area contributed by atoms with Crippen molar-refractivity contribution in [1.29, 1.82) is 0 Å². The summed E-state index contributed by atoms with van der Waals surface area (Å²) in [4.78, 5) is 31.1. The molecule has 1 spiro atoms. The lowest BCUT2D eigenvalue weighted by Gasteiger charge is -2.40. The van der Waals surface area contributed by atoms with Crippen LogP contribution in [0.25, 0.3) is 0 Å². The van der Waals surface area contributed by atoms with Gasteiger partial charge in [-0.25, -0.2) is 0 Å². The third kappa shape index (κ3) is 4.88. The van der Waals surface area contributed by atoms with Crippen LogP contribution in [0.5, 0.6) is 0 Å². The fourth-order valence-corrected chi connectivity index (χ4v) is 5.52. The Labute approximate surface area is 181 Å². The van der Waals surface area contributed by atoms with Gasteiger partial charge in [0.1, 0.15) is 0 Å². The number of rotatable bonds is 6. The van der Waals surface area contributed by atoms with Gasteiger partial charge < -0.3 is 9.80 Å². The van der Waals surface area contributed by atoms with Gasteiger partial charge in [-0.2, -0.15) is 0 Å². The van der Waals surface area contributed by atoms with E-state index in [0.717, 1.165) is 52.1 Å². The van der Waals surface area contributed by atoms with E-state index in [-0.39, 0.29) is 17.2 Å². The number of hydrogen-bond donors (Lipinski definition) is 0. The standard InChI is InChI=1S/C25H37N3O2/c1-20(2)22-8-6-21(7-9-22)17-26-13-4-11-25(18-26)12-16-28(19-25)24(30)10-15-27-14-3-5-23(27)29/h6-9,20H,3-5,10-19H2,1-2H3. The quantitative estimate of drug-likeness (QED) is 0.718. The summed E-state index contributed by atoms with van der Waals surface area (Å²) in [6.07, 6.45) is 5.63. The minimum atomic E-state index is 0.213. The predicted molar refractivity (Wildman–Crippen MR) is 119 cm³/mol. The van der Waals surface area contributed by atoms with E-state index in [4.69, 9.17) is 0 Å². The molecule has 0 N–H and O–H groups in total. The molecule has 3 saturated heterocycles. The molecule has 1 atom stereocenters. The van der Waals surface area contributed by atoms with E-state index >= 15 is 0 Å². The Morgan fingerprint density at radius 3 is 2.53 bits per heavy atom. The monoisotopic (exact) mass is 411 g/mol. The van der Waals surface area contributed by atoms with E-state index in [1.807, 2.05) is 4.90 Å². The van der Waals surface area contributed by atoms with Crippen LogP contribution in [-0.2, 0) is 16.1 Å². The molecule has 30 heavy (non-hydrogen) atoms. The molecule has 4 rings (SSSR count). The normalized spacial score (nSPS) is 25.1. The van der Waals surface area contributed by atoms with Crippen LogP contribution >= 0.6 is 0 Å². The zero-order chi connectivity index (χ0) is 21.1. The third-order valence-corrected chi connectivity index (χ3v) is 7.35. The fourth-order valence-electron chi connectivity index (χ4n) is 5.52. The maximum atomic E-state index is 12.8. The molecule has 2 amide bonds. The summed E-state index contributed by atoms with van der Waals surface area (Å²) >= 11 is 0. The van der Waals surface area contributed by atoms with Crippen molar-refractivity contribution in [3.05, 3.63) is 35.4 Å². The molecule has 1 aromatic rings. The first-order chi connectivity index (χ1) is 14.4. The van der Waals surface area contributed by atoms with Crippen LogP contribution in [0.3, 0.4) is 0 Å². The van der Waals surface area contributed by atoms with Gasteiger partial charge in [-0.1, -0.05) is 38.1 Å². The Bertz CT molecular complexity index is 760. The topological polar surface area (TPSA) is 43.9 Å². The summed E-state index contributed by atoms with van der Waals surface area (Å²) in [6, 6.07) is 9.09. The first-order valence-corrected chi connectivity index (χ1v) is 11.8. The molecule has 5 nitrogen and oxygen atoms in total. The predicted octanol–water partition coefficient (Wildman–Crippen LogP) is 3.64. The minimum absolute atomic E-state index is 0.213. The molecule has 0 saturated carbocycles. The van der Waals surface area contributed by atoms with Crippen LogP contribution in [-0.4, -0.2) is 65.8 Å². The largest absolute Gasteiger partial charge is 0.342 e. The van der Waals surface area contributed by atoms with E-state index in [9.17, 15) is 9.59 Å². The first kappa shape index (κ1) is 21.4. The summed E-state index contributed by atoms with van der Waals surface area (Å²) in [5.41, 5.74) is 3.04. The molecule has 1 aromatic carbocycles. The van der Waals surface area contributed by atoms with Crippen LogP contribution in [0.1, 0.15) is 69.4 Å². The number of nitrogens with zero attached hydrogens (tertiary/aromatic N) is 3. The average molecular weight is 412 g/mol. The smallest absolute Gasteiger partial charge is 0.224 e. The minimum Gasteiger partial charge on any atom is -0.342 e. The van der Waals surface area contributed by atoms with Crippen molar-refractivity contribution in [2.24, 2.45) is 5.41 Å². The van der Waals surface area contributed by atoms with E-state index in [1.54, 1.807) is 0 Å². The van der Waals surface area contributed by atoms with E-state index < -0.39 is 0 Å². The fraction of sp³-hybridized carbons (Fsp3) is 0.680. The van der Waals surface area contributed by atoms with Crippen LogP contribution in [0.2, 0.25) is 0 Å². The van der Waals surface area contributed by atoms with Crippen molar-refractivity contribution in [3.63, 3.8) is 0 Å². The molecule has 3 fully saturated rings. The SMILES string of the molecule is CC(C)c1ccc(CN2CCCC3(CCN(C(=O)CCN4CCCC4=O)C3)C2)cc1. The zero-order valence-electron chi connectivity index (χ0n) is 18.7. The lowest BCUT2D eigenvalue weighted by molar-refractivity contribution is -0.132. The molecule has 0 radical (unpaired) electrons. The lowest BCUT2D eigenvalue weighted by atomic mass is 9.79. The molecule has 0 aliphatic carbocycles. The summed E-state index contributed by atoms with van der Waals surface area (Å²) < 4.78 is 0. The van der Waals surface area contributed by atoms with Crippen molar-refractivity contribution in [1.82, 2.24) is 14.7 Å². The maximum Gasteiger partial charge on any atom is 0.224 e. The Balaban J connectivity index is 1.29. The van der Waals surface area contributed by atoms with Gasteiger partial charge in [0.15, 0.2) is 0 Å². The molecular formula is C25H37N3O2. The number of piperidine rings is 1. The second-order valence-electron chi connectivity index (χ2n) is 10.0. The van der Waals surface area contributed by atoms with Crippen LogP contribution in [0.15, 0.2) is 24.3 Å². The van der Waals surface area contributed by atoms with Crippen LogP contribution in [0.4, 0.5) is 0 Å².